The third-order valence-corrected chi connectivity index (χ3v) is 8.35. The smallest absolute Gasteiger partial charge is 0.261 e. The van der Waals surface area contributed by atoms with Crippen molar-refractivity contribution in [3.63, 3.8) is 0 Å². The van der Waals surface area contributed by atoms with Crippen molar-refractivity contribution in [3.05, 3.63) is 70.8 Å². The molecule has 4 amide bonds. The van der Waals surface area contributed by atoms with Crippen molar-refractivity contribution >= 4 is 66.7 Å². The normalized spacial score (nSPS) is 15.4. The Morgan fingerprint density at radius 2 is 0.725 bits per heavy atom. The van der Waals surface area contributed by atoms with Gasteiger partial charge in [-0.2, -0.15) is 0 Å². The number of rotatable bonds is 6. The van der Waals surface area contributed by atoms with Crippen LogP contribution in [-0.4, -0.2) is 97.6 Å². The van der Waals surface area contributed by atoms with Crippen LogP contribution >= 0.6 is 0 Å². The van der Waals surface area contributed by atoms with Crippen molar-refractivity contribution in [3.8, 4) is 0 Å². The minimum absolute atomic E-state index is 0.284. The van der Waals surface area contributed by atoms with Crippen LogP contribution in [-0.2, 0) is 0 Å². The third kappa shape index (κ3) is 3.20. The first-order valence-electron chi connectivity index (χ1n) is 13.4. The molecule has 0 atom stereocenters. The van der Waals surface area contributed by atoms with E-state index in [0.717, 1.165) is 32.3 Å². The number of nitrogens with zero attached hydrogens (tertiary/aromatic N) is 4. The Morgan fingerprint density at radius 3 is 0.975 bits per heavy atom. The monoisotopic (exact) mass is 532 g/mol. The van der Waals surface area contributed by atoms with E-state index in [2.05, 4.69) is 0 Å². The van der Waals surface area contributed by atoms with E-state index >= 15 is 0 Å². The van der Waals surface area contributed by atoms with Gasteiger partial charge in [0.2, 0.25) is 0 Å². The molecule has 0 saturated carbocycles. The molecule has 2 aliphatic heterocycles. The van der Waals surface area contributed by atoms with Crippen molar-refractivity contribution in [1.29, 1.82) is 0 Å². The van der Waals surface area contributed by atoms with E-state index in [-0.39, 0.29) is 23.6 Å². The van der Waals surface area contributed by atoms with Gasteiger partial charge in [-0.05, 0) is 84.8 Å². The lowest BCUT2D eigenvalue weighted by atomic mass is 9.82. The molecule has 5 aromatic carbocycles. The number of imide groups is 2. The fourth-order valence-corrected chi connectivity index (χ4v) is 6.37. The predicted molar refractivity (Wildman–Crippen MR) is 155 cm³/mol. The average molecular weight is 533 g/mol. The van der Waals surface area contributed by atoms with Crippen LogP contribution in [0, 0.1) is 0 Å². The summed E-state index contributed by atoms with van der Waals surface area (Å²) in [5, 5.41) is 6.64. The van der Waals surface area contributed by atoms with Gasteiger partial charge >= 0.3 is 0 Å². The van der Waals surface area contributed by atoms with E-state index in [4.69, 9.17) is 0 Å². The molecule has 0 spiro atoms. The van der Waals surface area contributed by atoms with E-state index in [0.29, 0.717) is 59.2 Å². The second-order valence-corrected chi connectivity index (χ2v) is 11.3. The van der Waals surface area contributed by atoms with Gasteiger partial charge in [0, 0.05) is 59.2 Å². The van der Waals surface area contributed by atoms with E-state index in [1.807, 2.05) is 86.5 Å². The second kappa shape index (κ2) is 8.55. The molecule has 7 rings (SSSR count). The molecule has 40 heavy (non-hydrogen) atoms. The van der Waals surface area contributed by atoms with Gasteiger partial charge in [0.05, 0.1) is 0 Å². The molecule has 0 N–H and O–H groups in total. The second-order valence-electron chi connectivity index (χ2n) is 11.3. The maximum Gasteiger partial charge on any atom is 0.261 e. The summed E-state index contributed by atoms with van der Waals surface area (Å²) >= 11 is 0. The summed E-state index contributed by atoms with van der Waals surface area (Å²) < 4.78 is 0. The molecule has 0 fully saturated rings. The number of hydrogen-bond acceptors (Lipinski definition) is 6. The van der Waals surface area contributed by atoms with Gasteiger partial charge < -0.3 is 9.80 Å². The van der Waals surface area contributed by atoms with Gasteiger partial charge in [-0.3, -0.25) is 29.0 Å². The van der Waals surface area contributed by atoms with Crippen LogP contribution in [0.2, 0.25) is 0 Å². The molecule has 2 aliphatic rings. The Balaban J connectivity index is 1.49. The fraction of sp³-hybridized carbons (Fsp3) is 0.250. The van der Waals surface area contributed by atoms with Crippen LogP contribution in [0.25, 0.3) is 43.1 Å². The summed E-state index contributed by atoms with van der Waals surface area (Å²) in [5.74, 6) is -1.14. The topological polar surface area (TPSA) is 81.2 Å². The minimum Gasteiger partial charge on any atom is -0.308 e. The third-order valence-electron chi connectivity index (χ3n) is 8.35. The predicted octanol–water partition coefficient (Wildman–Crippen LogP) is 4.05. The summed E-state index contributed by atoms with van der Waals surface area (Å²) in [4.78, 5) is 60.7. The van der Waals surface area contributed by atoms with E-state index < -0.39 is 0 Å². The molecule has 0 radical (unpaired) electrons. The summed E-state index contributed by atoms with van der Waals surface area (Å²) in [6.07, 6.45) is 0. The average Bonchev–Trinajstić information content (AvgIpc) is 2.93. The lowest BCUT2D eigenvalue weighted by Crippen LogP contribution is -2.43. The number of hydrogen-bond donors (Lipinski definition) is 0. The largest absolute Gasteiger partial charge is 0.308 e. The minimum atomic E-state index is -0.284. The Labute approximate surface area is 230 Å². The molecule has 0 bridgehead atoms. The highest BCUT2D eigenvalue weighted by molar-refractivity contribution is 6.41. The molecule has 200 valence electrons. The number of benzene rings is 5. The fourth-order valence-electron chi connectivity index (χ4n) is 6.37. The van der Waals surface area contributed by atoms with Crippen molar-refractivity contribution < 1.29 is 19.2 Å². The SMILES string of the molecule is CN(C)CCN1C(=O)c2ccc3c4ccc5c6c(ccc(c7ccc(c2c37)C1=O)c64)C(=O)N(CCN(C)C)C5=O. The van der Waals surface area contributed by atoms with Gasteiger partial charge in [-0.25, -0.2) is 0 Å². The van der Waals surface area contributed by atoms with Crippen molar-refractivity contribution in [2.75, 3.05) is 54.4 Å². The van der Waals surface area contributed by atoms with Crippen LogP contribution in [0.15, 0.2) is 48.5 Å². The molecule has 0 aliphatic carbocycles. The Morgan fingerprint density at radius 1 is 0.450 bits per heavy atom. The summed E-state index contributed by atoms with van der Waals surface area (Å²) in [7, 11) is 7.64. The van der Waals surface area contributed by atoms with Gasteiger partial charge in [0.25, 0.3) is 23.6 Å². The number of amides is 4. The zero-order chi connectivity index (χ0) is 28.0. The summed E-state index contributed by atoms with van der Waals surface area (Å²) in [6.45, 7) is 1.79. The number of likely N-dealkylation sites (N-methyl/N-ethyl adjacent to an activating group) is 2. The Bertz CT molecular complexity index is 1700. The molecule has 0 unspecified atom stereocenters. The van der Waals surface area contributed by atoms with Crippen molar-refractivity contribution in [2.45, 2.75) is 0 Å². The standard InChI is InChI=1S/C32H28N4O4/c1-33(2)13-15-35-29(37)21-9-5-17-19-7-11-23-28-24(32(40)36(31(23)39)16-14-34(3)4)12-8-20(26(19)28)18-6-10-22(30(35)38)27(21)25(17)18/h5-12H,13-16H2,1-4H3. The van der Waals surface area contributed by atoms with Gasteiger partial charge in [-0.15, -0.1) is 0 Å². The van der Waals surface area contributed by atoms with Crippen LogP contribution < -0.4 is 0 Å². The number of carbonyl (C=O) groups excluding carboxylic acids is 4. The van der Waals surface area contributed by atoms with E-state index in [9.17, 15) is 19.2 Å². The van der Waals surface area contributed by atoms with Crippen LogP contribution in [0.5, 0.6) is 0 Å². The van der Waals surface area contributed by atoms with Crippen molar-refractivity contribution in [2.24, 2.45) is 0 Å². The molecular weight excluding hydrogens is 504 g/mol. The number of fused-ring (bicyclic) bond motifs is 2. The molecule has 2 heterocycles. The maximum absolute atomic E-state index is 13.5. The zero-order valence-electron chi connectivity index (χ0n) is 22.9. The lowest BCUT2D eigenvalue weighted by molar-refractivity contribution is 0.0585. The molecule has 8 heteroatoms. The van der Waals surface area contributed by atoms with Gasteiger partial charge in [-0.1, -0.05) is 24.3 Å². The lowest BCUT2D eigenvalue weighted by Gasteiger charge is -2.30. The molecular formula is C32H28N4O4. The molecule has 0 aromatic heterocycles. The highest BCUT2D eigenvalue weighted by atomic mass is 16.2. The van der Waals surface area contributed by atoms with Gasteiger partial charge in [0.1, 0.15) is 0 Å². The van der Waals surface area contributed by atoms with Crippen LogP contribution in [0.3, 0.4) is 0 Å². The first-order chi connectivity index (χ1) is 19.2. The Kier molecular flexibility index (Phi) is 5.26. The molecule has 0 saturated heterocycles. The molecule has 8 nitrogen and oxygen atoms in total. The highest BCUT2D eigenvalue weighted by Gasteiger charge is 2.36. The summed E-state index contributed by atoms with van der Waals surface area (Å²) in [5.41, 5.74) is 2.07. The quantitative estimate of drug-likeness (QED) is 0.187. The first-order valence-corrected chi connectivity index (χ1v) is 13.4. The van der Waals surface area contributed by atoms with Crippen molar-refractivity contribution in [1.82, 2.24) is 19.6 Å². The first kappa shape index (κ1) is 24.6. The van der Waals surface area contributed by atoms with E-state index in [1.165, 1.54) is 9.80 Å². The maximum atomic E-state index is 13.5. The summed E-state index contributed by atoms with van der Waals surface area (Å²) in [6, 6.07) is 15.0. The highest BCUT2D eigenvalue weighted by Crippen LogP contribution is 2.46. The zero-order valence-corrected chi connectivity index (χ0v) is 22.9. The van der Waals surface area contributed by atoms with E-state index in [1.54, 1.807) is 0 Å². The van der Waals surface area contributed by atoms with Crippen LogP contribution in [0.4, 0.5) is 0 Å². The Hall–Kier alpha value is -4.40. The van der Waals surface area contributed by atoms with Gasteiger partial charge in [0.15, 0.2) is 0 Å². The van der Waals surface area contributed by atoms with Crippen LogP contribution in [0.1, 0.15) is 41.4 Å². The molecule has 5 aromatic rings. The number of carbonyl (C=O) groups is 4.